The van der Waals surface area contributed by atoms with Crippen LogP contribution >= 0.6 is 0 Å². The maximum Gasteiger partial charge on any atom is 0.0623 e. The molecule has 2 atom stereocenters. The summed E-state index contributed by atoms with van der Waals surface area (Å²) >= 11 is 0. The minimum Gasteiger partial charge on any atom is -0.385 e. The molecule has 1 aliphatic rings. The monoisotopic (exact) mass is 248 g/mol. The number of nitrogens with one attached hydrogen (secondary N) is 2. The molecule has 3 heteroatoms. The lowest BCUT2D eigenvalue weighted by molar-refractivity contribution is 0.182. The van der Waals surface area contributed by atoms with Crippen molar-refractivity contribution in [3.05, 3.63) is 30.3 Å². The molecule has 3 nitrogen and oxygen atoms in total. The number of anilines is 1. The molecule has 1 heterocycles. The molecule has 1 aromatic rings. The van der Waals surface area contributed by atoms with Gasteiger partial charge in [-0.05, 0) is 37.4 Å². The number of rotatable bonds is 7. The zero-order valence-electron chi connectivity index (χ0n) is 11.2. The average Bonchev–Trinajstić information content (AvgIpc) is 2.87. The van der Waals surface area contributed by atoms with Crippen LogP contribution in [0.3, 0.4) is 0 Å². The minimum absolute atomic E-state index is 0.562. The van der Waals surface area contributed by atoms with Crippen LogP contribution in [-0.2, 0) is 4.74 Å². The Morgan fingerprint density at radius 3 is 2.78 bits per heavy atom. The molecule has 18 heavy (non-hydrogen) atoms. The van der Waals surface area contributed by atoms with Gasteiger partial charge in [-0.2, -0.15) is 0 Å². The Morgan fingerprint density at radius 2 is 2.00 bits per heavy atom. The van der Waals surface area contributed by atoms with Gasteiger partial charge in [0.15, 0.2) is 0 Å². The predicted octanol–water partition coefficient (Wildman–Crippen LogP) is 2.50. The van der Waals surface area contributed by atoms with Gasteiger partial charge in [-0.25, -0.2) is 0 Å². The van der Waals surface area contributed by atoms with Gasteiger partial charge in [0.05, 0.1) is 13.2 Å². The first kappa shape index (κ1) is 13.4. The molecular formula is C15H24N2O. The van der Waals surface area contributed by atoms with Crippen LogP contribution in [0, 0.1) is 5.92 Å². The molecule has 0 aromatic heterocycles. The van der Waals surface area contributed by atoms with Crippen molar-refractivity contribution in [3.63, 3.8) is 0 Å². The fourth-order valence-electron chi connectivity index (χ4n) is 2.39. The van der Waals surface area contributed by atoms with E-state index in [2.05, 4.69) is 41.8 Å². The summed E-state index contributed by atoms with van der Waals surface area (Å²) in [6.45, 7) is 6.12. The van der Waals surface area contributed by atoms with Gasteiger partial charge in [0.2, 0.25) is 0 Å². The van der Waals surface area contributed by atoms with Gasteiger partial charge in [-0.3, -0.25) is 0 Å². The summed E-state index contributed by atoms with van der Waals surface area (Å²) in [4.78, 5) is 0. The van der Waals surface area contributed by atoms with Crippen molar-refractivity contribution in [3.8, 4) is 0 Å². The smallest absolute Gasteiger partial charge is 0.0623 e. The highest BCUT2D eigenvalue weighted by atomic mass is 16.5. The third-order valence-electron chi connectivity index (χ3n) is 3.59. The van der Waals surface area contributed by atoms with Gasteiger partial charge < -0.3 is 15.4 Å². The van der Waals surface area contributed by atoms with Crippen molar-refractivity contribution in [1.82, 2.24) is 5.32 Å². The van der Waals surface area contributed by atoms with E-state index in [4.69, 9.17) is 4.74 Å². The summed E-state index contributed by atoms with van der Waals surface area (Å²) in [6, 6.07) is 10.9. The van der Waals surface area contributed by atoms with Crippen LogP contribution in [0.4, 0.5) is 5.69 Å². The van der Waals surface area contributed by atoms with Gasteiger partial charge >= 0.3 is 0 Å². The highest BCUT2D eigenvalue weighted by Crippen LogP contribution is 2.16. The number of hydrogen-bond donors (Lipinski definition) is 2. The van der Waals surface area contributed by atoms with E-state index in [1.54, 1.807) is 0 Å². The van der Waals surface area contributed by atoms with E-state index >= 15 is 0 Å². The molecular weight excluding hydrogens is 224 g/mol. The molecule has 0 saturated carbocycles. The molecule has 1 saturated heterocycles. The van der Waals surface area contributed by atoms with Crippen molar-refractivity contribution in [2.45, 2.75) is 25.8 Å². The molecule has 0 amide bonds. The Labute approximate surface area is 110 Å². The van der Waals surface area contributed by atoms with Crippen molar-refractivity contribution >= 4 is 5.69 Å². The maximum atomic E-state index is 5.51. The van der Waals surface area contributed by atoms with E-state index in [1.165, 1.54) is 12.1 Å². The zero-order valence-corrected chi connectivity index (χ0v) is 11.2. The predicted molar refractivity (Wildman–Crippen MR) is 75.9 cm³/mol. The molecule has 0 radical (unpaired) electrons. The fraction of sp³-hybridized carbons (Fsp3) is 0.600. The minimum atomic E-state index is 0.562. The van der Waals surface area contributed by atoms with Crippen LogP contribution in [0.15, 0.2) is 30.3 Å². The molecule has 0 bridgehead atoms. The van der Waals surface area contributed by atoms with Gasteiger partial charge in [0, 0.05) is 18.3 Å². The Kier molecular flexibility index (Phi) is 5.49. The first-order valence-corrected chi connectivity index (χ1v) is 7.00. The molecule has 0 spiro atoms. The summed E-state index contributed by atoms with van der Waals surface area (Å²) < 4.78 is 5.51. The van der Waals surface area contributed by atoms with Gasteiger partial charge in [-0.15, -0.1) is 0 Å². The van der Waals surface area contributed by atoms with Crippen LogP contribution in [-0.4, -0.2) is 32.3 Å². The van der Waals surface area contributed by atoms with Crippen molar-refractivity contribution < 1.29 is 4.74 Å². The lowest BCUT2D eigenvalue weighted by atomic mass is 10.0. The fourth-order valence-corrected chi connectivity index (χ4v) is 2.39. The molecule has 2 unspecified atom stereocenters. The van der Waals surface area contributed by atoms with Crippen LogP contribution in [0.25, 0.3) is 0 Å². The van der Waals surface area contributed by atoms with Crippen molar-refractivity contribution in [1.29, 1.82) is 0 Å². The molecule has 100 valence electrons. The first-order chi connectivity index (χ1) is 8.90. The van der Waals surface area contributed by atoms with E-state index in [9.17, 15) is 0 Å². The second kappa shape index (κ2) is 7.39. The van der Waals surface area contributed by atoms with E-state index in [1.807, 2.05) is 6.07 Å². The van der Waals surface area contributed by atoms with Crippen molar-refractivity contribution in [2.75, 3.05) is 31.6 Å². The van der Waals surface area contributed by atoms with Crippen molar-refractivity contribution in [2.24, 2.45) is 5.92 Å². The number of para-hydroxylation sites is 1. The van der Waals surface area contributed by atoms with Gasteiger partial charge in [0.25, 0.3) is 0 Å². The quantitative estimate of drug-likeness (QED) is 0.727. The summed E-state index contributed by atoms with van der Waals surface area (Å²) in [6.07, 6.45) is 2.35. The van der Waals surface area contributed by atoms with Crippen LogP contribution < -0.4 is 10.6 Å². The molecule has 1 aliphatic heterocycles. The standard InChI is InChI=1S/C15H24N2O/c1-2-13-11-18-12-15(13)17-10-6-9-16-14-7-4-3-5-8-14/h3-5,7-8,13,15-17H,2,6,9-12H2,1H3. The van der Waals surface area contributed by atoms with Gasteiger partial charge in [-0.1, -0.05) is 25.1 Å². The Hall–Kier alpha value is -1.06. The van der Waals surface area contributed by atoms with Gasteiger partial charge in [0.1, 0.15) is 0 Å². The Balaban J connectivity index is 1.56. The third kappa shape index (κ3) is 4.00. The highest BCUT2D eigenvalue weighted by molar-refractivity contribution is 5.42. The average molecular weight is 248 g/mol. The third-order valence-corrected chi connectivity index (χ3v) is 3.59. The van der Waals surface area contributed by atoms with E-state index in [0.29, 0.717) is 12.0 Å². The van der Waals surface area contributed by atoms with Crippen LogP contribution in [0.2, 0.25) is 0 Å². The topological polar surface area (TPSA) is 33.3 Å². The Bertz CT molecular complexity index is 329. The number of hydrogen-bond acceptors (Lipinski definition) is 3. The first-order valence-electron chi connectivity index (χ1n) is 7.00. The Morgan fingerprint density at radius 1 is 1.17 bits per heavy atom. The summed E-state index contributed by atoms with van der Waals surface area (Å²) in [5.41, 5.74) is 1.20. The van der Waals surface area contributed by atoms with E-state index < -0.39 is 0 Å². The summed E-state index contributed by atoms with van der Waals surface area (Å²) in [5, 5.41) is 7.03. The van der Waals surface area contributed by atoms with E-state index in [-0.39, 0.29) is 0 Å². The summed E-state index contributed by atoms with van der Waals surface area (Å²) in [5.74, 6) is 0.701. The molecule has 0 aliphatic carbocycles. The SMILES string of the molecule is CCC1COCC1NCCCNc1ccccc1. The van der Waals surface area contributed by atoms with Crippen LogP contribution in [0.1, 0.15) is 19.8 Å². The van der Waals surface area contributed by atoms with Crippen LogP contribution in [0.5, 0.6) is 0 Å². The highest BCUT2D eigenvalue weighted by Gasteiger charge is 2.25. The molecule has 2 N–H and O–H groups in total. The number of benzene rings is 1. The lowest BCUT2D eigenvalue weighted by Crippen LogP contribution is -2.36. The summed E-state index contributed by atoms with van der Waals surface area (Å²) in [7, 11) is 0. The maximum absolute atomic E-state index is 5.51. The second-order valence-electron chi connectivity index (χ2n) is 4.91. The zero-order chi connectivity index (χ0) is 12.6. The second-order valence-corrected chi connectivity index (χ2v) is 4.91. The largest absolute Gasteiger partial charge is 0.385 e. The normalized spacial score (nSPS) is 23.2. The molecule has 1 fully saturated rings. The lowest BCUT2D eigenvalue weighted by Gasteiger charge is -2.17. The number of ether oxygens (including phenoxy) is 1. The molecule has 2 rings (SSSR count). The molecule has 1 aromatic carbocycles. The van der Waals surface area contributed by atoms with E-state index in [0.717, 1.165) is 32.7 Å².